The van der Waals surface area contributed by atoms with Gasteiger partial charge in [0.15, 0.2) is 18.9 Å². The SMILES string of the molecule is NC(=O)Nc1ccc[n+](Cc2ccccc2)c1.[Cl-]. The highest BCUT2D eigenvalue weighted by Crippen LogP contribution is 2.02. The van der Waals surface area contributed by atoms with E-state index in [1.54, 1.807) is 6.07 Å². The van der Waals surface area contributed by atoms with Gasteiger partial charge < -0.3 is 23.5 Å². The molecular formula is C13H14ClN3O. The van der Waals surface area contributed by atoms with Crippen LogP contribution in [0.4, 0.5) is 10.5 Å². The van der Waals surface area contributed by atoms with Crippen molar-refractivity contribution >= 4 is 11.7 Å². The summed E-state index contributed by atoms with van der Waals surface area (Å²) in [5.41, 5.74) is 6.96. The Kier molecular flexibility index (Phi) is 5.14. The van der Waals surface area contributed by atoms with Gasteiger partial charge in [0.25, 0.3) is 0 Å². The van der Waals surface area contributed by atoms with Crippen molar-refractivity contribution in [2.24, 2.45) is 5.73 Å². The van der Waals surface area contributed by atoms with Crippen LogP contribution in [0.5, 0.6) is 0 Å². The number of hydrogen-bond donors (Lipinski definition) is 2. The topological polar surface area (TPSA) is 59.0 Å². The molecule has 0 aliphatic carbocycles. The molecule has 5 heteroatoms. The highest BCUT2D eigenvalue weighted by Gasteiger charge is 2.04. The fourth-order valence-electron chi connectivity index (χ4n) is 1.63. The third kappa shape index (κ3) is 4.07. The number of amides is 2. The number of carbonyl (C=O) groups excluding carboxylic acids is 1. The van der Waals surface area contributed by atoms with Gasteiger partial charge >= 0.3 is 6.03 Å². The lowest BCUT2D eigenvalue weighted by atomic mass is 10.2. The summed E-state index contributed by atoms with van der Waals surface area (Å²) in [4.78, 5) is 10.7. The van der Waals surface area contributed by atoms with Crippen molar-refractivity contribution in [2.45, 2.75) is 6.54 Å². The van der Waals surface area contributed by atoms with Gasteiger partial charge in [-0.15, -0.1) is 0 Å². The lowest BCUT2D eigenvalue weighted by molar-refractivity contribution is -0.687. The largest absolute Gasteiger partial charge is 1.00 e. The van der Waals surface area contributed by atoms with Crippen molar-refractivity contribution in [2.75, 3.05) is 5.32 Å². The van der Waals surface area contributed by atoms with E-state index in [1.807, 2.05) is 41.2 Å². The maximum atomic E-state index is 10.7. The summed E-state index contributed by atoms with van der Waals surface area (Å²) < 4.78 is 1.99. The lowest BCUT2D eigenvalue weighted by Crippen LogP contribution is -3.00. The van der Waals surface area contributed by atoms with Gasteiger partial charge in [0, 0.05) is 11.6 Å². The van der Waals surface area contributed by atoms with Crippen LogP contribution in [0.15, 0.2) is 54.9 Å². The number of aromatic nitrogens is 1. The van der Waals surface area contributed by atoms with Crippen molar-refractivity contribution in [3.05, 3.63) is 60.4 Å². The molecule has 94 valence electrons. The normalized spacial score (nSPS) is 9.33. The fourth-order valence-corrected chi connectivity index (χ4v) is 1.63. The van der Waals surface area contributed by atoms with Crippen molar-refractivity contribution < 1.29 is 21.8 Å². The highest BCUT2D eigenvalue weighted by atomic mass is 35.5. The summed E-state index contributed by atoms with van der Waals surface area (Å²) >= 11 is 0. The Morgan fingerprint density at radius 1 is 1.17 bits per heavy atom. The van der Waals surface area contributed by atoms with Gasteiger partial charge in [-0.25, -0.2) is 4.79 Å². The predicted molar refractivity (Wildman–Crippen MR) is 65.4 cm³/mol. The van der Waals surface area contributed by atoms with E-state index in [2.05, 4.69) is 17.4 Å². The number of halogens is 1. The molecule has 0 saturated heterocycles. The number of rotatable bonds is 3. The molecule has 2 amide bonds. The molecule has 1 aromatic carbocycles. The second-order valence-corrected chi connectivity index (χ2v) is 3.74. The molecule has 0 radical (unpaired) electrons. The number of carbonyl (C=O) groups is 1. The Labute approximate surface area is 112 Å². The second-order valence-electron chi connectivity index (χ2n) is 3.74. The summed E-state index contributed by atoms with van der Waals surface area (Å²) in [7, 11) is 0. The van der Waals surface area contributed by atoms with Crippen LogP contribution in [0.2, 0.25) is 0 Å². The molecule has 1 aromatic heterocycles. The number of urea groups is 1. The Bertz CT molecular complexity index is 517. The monoisotopic (exact) mass is 263 g/mol. The van der Waals surface area contributed by atoms with Crippen molar-refractivity contribution in [1.82, 2.24) is 0 Å². The van der Waals surface area contributed by atoms with Crippen molar-refractivity contribution in [3.63, 3.8) is 0 Å². The Morgan fingerprint density at radius 2 is 1.89 bits per heavy atom. The first-order valence-electron chi connectivity index (χ1n) is 5.33. The van der Waals surface area contributed by atoms with Gasteiger partial charge in [-0.2, -0.15) is 4.57 Å². The molecule has 0 aliphatic heterocycles. The van der Waals surface area contributed by atoms with E-state index in [9.17, 15) is 4.79 Å². The Morgan fingerprint density at radius 3 is 2.56 bits per heavy atom. The first kappa shape index (κ1) is 14.0. The molecule has 4 nitrogen and oxygen atoms in total. The number of nitrogens with zero attached hydrogens (tertiary/aromatic N) is 1. The molecule has 0 fully saturated rings. The first-order valence-corrected chi connectivity index (χ1v) is 5.33. The van der Waals surface area contributed by atoms with Crippen molar-refractivity contribution in [3.8, 4) is 0 Å². The van der Waals surface area contributed by atoms with E-state index in [4.69, 9.17) is 5.73 Å². The van der Waals surface area contributed by atoms with E-state index >= 15 is 0 Å². The fraction of sp³-hybridized carbons (Fsp3) is 0.0769. The predicted octanol–water partition coefficient (Wildman–Crippen LogP) is -1.48. The van der Waals surface area contributed by atoms with Crippen LogP contribution >= 0.6 is 0 Å². The molecule has 1 heterocycles. The van der Waals surface area contributed by atoms with E-state index in [0.29, 0.717) is 5.69 Å². The molecular weight excluding hydrogens is 250 g/mol. The van der Waals surface area contributed by atoms with E-state index in [0.717, 1.165) is 6.54 Å². The van der Waals surface area contributed by atoms with Crippen LogP contribution in [-0.4, -0.2) is 6.03 Å². The third-order valence-electron chi connectivity index (χ3n) is 2.33. The van der Waals surface area contributed by atoms with Crippen molar-refractivity contribution in [1.29, 1.82) is 0 Å². The van der Waals surface area contributed by atoms with Crippen LogP contribution in [0.25, 0.3) is 0 Å². The third-order valence-corrected chi connectivity index (χ3v) is 2.33. The molecule has 0 saturated carbocycles. The number of nitrogens with one attached hydrogen (secondary N) is 1. The highest BCUT2D eigenvalue weighted by molar-refractivity contribution is 5.87. The maximum Gasteiger partial charge on any atom is 0.316 e. The van der Waals surface area contributed by atoms with E-state index in [-0.39, 0.29) is 12.4 Å². The zero-order valence-electron chi connectivity index (χ0n) is 9.71. The van der Waals surface area contributed by atoms with Gasteiger partial charge in [-0.1, -0.05) is 30.3 Å². The number of hydrogen-bond acceptors (Lipinski definition) is 1. The minimum atomic E-state index is -0.553. The minimum Gasteiger partial charge on any atom is -1.00 e. The molecule has 18 heavy (non-hydrogen) atoms. The number of primary amides is 1. The van der Waals surface area contributed by atoms with Gasteiger partial charge in [-0.05, 0) is 6.07 Å². The second kappa shape index (κ2) is 6.61. The lowest BCUT2D eigenvalue weighted by Gasteiger charge is -2.01. The van der Waals surface area contributed by atoms with Gasteiger partial charge in [0.1, 0.15) is 5.69 Å². The average Bonchev–Trinajstić information content (AvgIpc) is 2.30. The zero-order valence-corrected chi connectivity index (χ0v) is 10.5. The number of benzene rings is 1. The molecule has 3 N–H and O–H groups in total. The smallest absolute Gasteiger partial charge is 0.316 e. The van der Waals surface area contributed by atoms with Crippen LogP contribution in [0.3, 0.4) is 0 Å². The number of nitrogens with two attached hydrogens (primary N) is 1. The number of anilines is 1. The van der Waals surface area contributed by atoms with E-state index < -0.39 is 6.03 Å². The van der Waals surface area contributed by atoms with Crippen LogP contribution in [0.1, 0.15) is 5.56 Å². The molecule has 0 bridgehead atoms. The molecule has 2 rings (SSSR count). The molecule has 0 spiro atoms. The first-order chi connectivity index (χ1) is 8.24. The number of pyridine rings is 1. The van der Waals surface area contributed by atoms with Gasteiger partial charge in [0.05, 0.1) is 0 Å². The van der Waals surface area contributed by atoms with Crippen LogP contribution in [0, 0.1) is 0 Å². The molecule has 0 aliphatic rings. The van der Waals surface area contributed by atoms with E-state index in [1.165, 1.54) is 5.56 Å². The van der Waals surface area contributed by atoms with Crippen LogP contribution < -0.4 is 28.0 Å². The van der Waals surface area contributed by atoms with Gasteiger partial charge in [-0.3, -0.25) is 0 Å². The Hall–Kier alpha value is -2.07. The summed E-state index contributed by atoms with van der Waals surface area (Å²) in [6.07, 6.45) is 3.79. The summed E-state index contributed by atoms with van der Waals surface area (Å²) in [5, 5.41) is 2.55. The van der Waals surface area contributed by atoms with Gasteiger partial charge in [0.2, 0.25) is 0 Å². The summed E-state index contributed by atoms with van der Waals surface area (Å²) in [6, 6.07) is 13.2. The summed E-state index contributed by atoms with van der Waals surface area (Å²) in [5.74, 6) is 0. The molecule has 0 atom stereocenters. The maximum absolute atomic E-state index is 10.7. The standard InChI is InChI=1S/C13H13N3O.ClH/c14-13(17)15-12-7-4-8-16(10-12)9-11-5-2-1-3-6-11;/h1-8,10H,9H2,(H2-,14,15,17);1H. The van der Waals surface area contributed by atoms with Crippen LogP contribution in [-0.2, 0) is 6.54 Å². The minimum absolute atomic E-state index is 0. The molecule has 2 aromatic rings. The molecule has 0 unspecified atom stereocenters. The summed E-state index contributed by atoms with van der Waals surface area (Å²) in [6.45, 7) is 0.759. The average molecular weight is 264 g/mol. The quantitative estimate of drug-likeness (QED) is 0.652. The zero-order chi connectivity index (χ0) is 12.1. The Balaban J connectivity index is 0.00000162.